The van der Waals surface area contributed by atoms with Gasteiger partial charge in [-0.3, -0.25) is 0 Å². The minimum Gasteiger partial charge on any atom is -0.309 e. The van der Waals surface area contributed by atoms with Crippen LogP contribution in [-0.4, -0.2) is 9.13 Å². The van der Waals surface area contributed by atoms with E-state index in [4.69, 9.17) is 0 Å². The zero-order chi connectivity index (χ0) is 33.5. The Bertz CT molecular complexity index is 3120. The number of nitrogens with zero attached hydrogens (tertiary/aromatic N) is 2. The molecule has 3 aromatic heterocycles. The second-order valence-corrected chi connectivity index (χ2v) is 14.4. The standard InChI is InChI=1S/C48H30N2S/c1-2-11-31(12-3-1)32-21-23-33(24-22-32)34-13-10-14-35(29-34)49-43-19-8-5-17-41(43)47-44(49)28-27-40-37-15-4-7-18-42(37)50(48(40)47)36-25-26-39-38-16-6-9-20-45(38)51-46(39)30-36/h1-30H. The molecule has 0 amide bonds. The number of rotatable bonds is 4. The molecule has 0 bridgehead atoms. The summed E-state index contributed by atoms with van der Waals surface area (Å²) in [5, 5.41) is 7.70. The molecule has 51 heavy (non-hydrogen) atoms. The van der Waals surface area contributed by atoms with Crippen molar-refractivity contribution in [3.63, 3.8) is 0 Å². The molecule has 11 rings (SSSR count). The van der Waals surface area contributed by atoms with E-state index in [0.717, 1.165) is 5.69 Å². The molecular weight excluding hydrogens is 637 g/mol. The maximum atomic E-state index is 2.50. The lowest BCUT2D eigenvalue weighted by Gasteiger charge is -2.12. The molecule has 238 valence electrons. The van der Waals surface area contributed by atoms with Gasteiger partial charge >= 0.3 is 0 Å². The highest BCUT2D eigenvalue weighted by Crippen LogP contribution is 2.43. The predicted octanol–water partition coefficient (Wildman–Crippen LogP) is 13.6. The number of fused-ring (bicyclic) bond motifs is 10. The Balaban J connectivity index is 1.15. The quantitative estimate of drug-likeness (QED) is 0.177. The van der Waals surface area contributed by atoms with E-state index in [9.17, 15) is 0 Å². The topological polar surface area (TPSA) is 9.86 Å². The molecule has 0 unspecified atom stereocenters. The first kappa shape index (κ1) is 28.4. The third kappa shape index (κ3) is 4.29. The van der Waals surface area contributed by atoms with Crippen molar-refractivity contribution in [2.45, 2.75) is 0 Å². The van der Waals surface area contributed by atoms with Crippen molar-refractivity contribution in [2.75, 3.05) is 0 Å². The molecular formula is C48H30N2S. The van der Waals surface area contributed by atoms with Crippen LogP contribution in [0.4, 0.5) is 0 Å². The summed E-state index contributed by atoms with van der Waals surface area (Å²) >= 11 is 1.87. The maximum absolute atomic E-state index is 2.50. The molecule has 0 spiro atoms. The largest absolute Gasteiger partial charge is 0.309 e. The zero-order valence-corrected chi connectivity index (χ0v) is 28.4. The van der Waals surface area contributed by atoms with Crippen molar-refractivity contribution in [3.05, 3.63) is 182 Å². The Hall–Kier alpha value is -6.42. The first-order valence-corrected chi connectivity index (χ1v) is 18.3. The summed E-state index contributed by atoms with van der Waals surface area (Å²) in [4.78, 5) is 0. The van der Waals surface area contributed by atoms with Gasteiger partial charge in [-0.2, -0.15) is 0 Å². The zero-order valence-electron chi connectivity index (χ0n) is 27.6. The van der Waals surface area contributed by atoms with E-state index in [-0.39, 0.29) is 0 Å². The van der Waals surface area contributed by atoms with E-state index >= 15 is 0 Å². The highest BCUT2D eigenvalue weighted by molar-refractivity contribution is 7.25. The molecule has 0 atom stereocenters. The number of aromatic nitrogens is 2. The van der Waals surface area contributed by atoms with Crippen LogP contribution in [-0.2, 0) is 0 Å². The van der Waals surface area contributed by atoms with Crippen LogP contribution in [0.1, 0.15) is 0 Å². The van der Waals surface area contributed by atoms with Gasteiger partial charge in [0, 0.05) is 53.1 Å². The third-order valence-electron chi connectivity index (χ3n) is 10.5. The highest BCUT2D eigenvalue weighted by Gasteiger charge is 2.21. The molecule has 11 aromatic rings. The summed E-state index contributed by atoms with van der Waals surface area (Å²) in [6, 6.07) is 66.6. The Kier molecular flexibility index (Phi) is 6.16. The van der Waals surface area contributed by atoms with Gasteiger partial charge in [0.2, 0.25) is 0 Å². The van der Waals surface area contributed by atoms with E-state index in [2.05, 4.69) is 191 Å². The molecule has 0 fully saturated rings. The van der Waals surface area contributed by atoms with Gasteiger partial charge in [-0.05, 0) is 70.8 Å². The van der Waals surface area contributed by atoms with Crippen LogP contribution in [0.2, 0.25) is 0 Å². The smallest absolute Gasteiger partial charge is 0.0641 e. The minimum atomic E-state index is 1.15. The molecule has 3 heterocycles. The number of benzene rings is 8. The fraction of sp³-hybridized carbons (Fsp3) is 0. The molecule has 8 aromatic carbocycles. The first-order chi connectivity index (χ1) is 25.3. The van der Waals surface area contributed by atoms with Crippen molar-refractivity contribution in [1.29, 1.82) is 0 Å². The summed E-state index contributed by atoms with van der Waals surface area (Å²) in [6.07, 6.45) is 0. The van der Waals surface area contributed by atoms with Crippen LogP contribution in [0.25, 0.3) is 97.4 Å². The molecule has 0 aliphatic carbocycles. The lowest BCUT2D eigenvalue weighted by atomic mass is 10.00. The fourth-order valence-electron chi connectivity index (χ4n) is 8.22. The van der Waals surface area contributed by atoms with E-state index < -0.39 is 0 Å². The minimum absolute atomic E-state index is 1.15. The van der Waals surface area contributed by atoms with Gasteiger partial charge in [-0.25, -0.2) is 0 Å². The number of hydrogen-bond acceptors (Lipinski definition) is 1. The average Bonchev–Trinajstić information content (AvgIpc) is 3.85. The van der Waals surface area contributed by atoms with Gasteiger partial charge in [0.25, 0.3) is 0 Å². The van der Waals surface area contributed by atoms with Crippen LogP contribution < -0.4 is 0 Å². The highest BCUT2D eigenvalue weighted by atomic mass is 32.1. The second-order valence-electron chi connectivity index (χ2n) is 13.3. The average molecular weight is 667 g/mol. The molecule has 0 N–H and O–H groups in total. The first-order valence-electron chi connectivity index (χ1n) is 17.4. The van der Waals surface area contributed by atoms with E-state index in [1.165, 1.54) is 91.7 Å². The second kappa shape index (κ2) is 11.0. The molecule has 0 saturated carbocycles. The van der Waals surface area contributed by atoms with Crippen LogP contribution in [0, 0.1) is 0 Å². The monoisotopic (exact) mass is 666 g/mol. The van der Waals surface area contributed by atoms with Crippen LogP contribution in [0.15, 0.2) is 182 Å². The third-order valence-corrected chi connectivity index (χ3v) is 11.7. The van der Waals surface area contributed by atoms with Crippen molar-refractivity contribution in [1.82, 2.24) is 9.13 Å². The van der Waals surface area contributed by atoms with Gasteiger partial charge < -0.3 is 9.13 Å². The Morgan fingerprint density at radius 1 is 0.314 bits per heavy atom. The van der Waals surface area contributed by atoms with E-state index in [1.807, 2.05) is 11.3 Å². The van der Waals surface area contributed by atoms with Crippen molar-refractivity contribution < 1.29 is 0 Å². The summed E-state index contributed by atoms with van der Waals surface area (Å²) in [7, 11) is 0. The van der Waals surface area contributed by atoms with Crippen molar-refractivity contribution in [2.24, 2.45) is 0 Å². The van der Waals surface area contributed by atoms with E-state index in [0.29, 0.717) is 0 Å². The molecule has 3 heteroatoms. The fourth-order valence-corrected chi connectivity index (χ4v) is 9.36. The Labute approximate surface area is 298 Å². The molecule has 0 aliphatic heterocycles. The van der Waals surface area contributed by atoms with Crippen molar-refractivity contribution in [3.8, 4) is 33.6 Å². The molecule has 0 saturated heterocycles. The Morgan fingerprint density at radius 2 is 0.902 bits per heavy atom. The normalized spacial score (nSPS) is 11.9. The number of thiophene rings is 1. The SMILES string of the molecule is c1ccc(-c2ccc(-c3cccc(-n4c5ccccc5c5c4ccc4c6ccccc6n(-c6ccc7c(c6)sc6ccccc67)c45)c3)cc2)cc1. The van der Waals surface area contributed by atoms with Gasteiger partial charge in [0.1, 0.15) is 0 Å². The van der Waals surface area contributed by atoms with Crippen LogP contribution in [0.5, 0.6) is 0 Å². The van der Waals surface area contributed by atoms with Gasteiger partial charge in [-0.15, -0.1) is 11.3 Å². The maximum Gasteiger partial charge on any atom is 0.0641 e. The summed E-state index contributed by atoms with van der Waals surface area (Å²) in [6.45, 7) is 0. The molecule has 2 nitrogen and oxygen atoms in total. The summed E-state index contributed by atoms with van der Waals surface area (Å²) in [5.41, 5.74) is 12.1. The van der Waals surface area contributed by atoms with Gasteiger partial charge in [-0.1, -0.05) is 133 Å². The van der Waals surface area contributed by atoms with Crippen LogP contribution >= 0.6 is 11.3 Å². The lowest BCUT2D eigenvalue weighted by molar-refractivity contribution is 1.18. The van der Waals surface area contributed by atoms with Gasteiger partial charge in [0.15, 0.2) is 0 Å². The number of para-hydroxylation sites is 2. The lowest BCUT2D eigenvalue weighted by Crippen LogP contribution is -1.95. The molecule has 0 radical (unpaired) electrons. The number of hydrogen-bond donors (Lipinski definition) is 0. The summed E-state index contributed by atoms with van der Waals surface area (Å²) < 4.78 is 7.58. The summed E-state index contributed by atoms with van der Waals surface area (Å²) in [5.74, 6) is 0. The molecule has 0 aliphatic rings. The van der Waals surface area contributed by atoms with E-state index in [1.54, 1.807) is 0 Å². The van der Waals surface area contributed by atoms with Gasteiger partial charge in [0.05, 0.1) is 22.1 Å². The van der Waals surface area contributed by atoms with Crippen LogP contribution in [0.3, 0.4) is 0 Å². The predicted molar refractivity (Wildman–Crippen MR) is 219 cm³/mol. The van der Waals surface area contributed by atoms with Crippen molar-refractivity contribution >= 4 is 75.1 Å². The Morgan fingerprint density at radius 3 is 1.73 bits per heavy atom.